The zero-order valence-electron chi connectivity index (χ0n) is 17.5. The molecule has 0 aliphatic heterocycles. The van der Waals surface area contributed by atoms with E-state index in [4.69, 9.17) is 0 Å². The Labute approximate surface area is 197 Å². The summed E-state index contributed by atoms with van der Waals surface area (Å²) in [5, 5.41) is 2.96. The predicted molar refractivity (Wildman–Crippen MR) is 121 cm³/mol. The molecule has 0 atom stereocenters. The fourth-order valence-electron chi connectivity index (χ4n) is 3.60. The van der Waals surface area contributed by atoms with Gasteiger partial charge in [0.2, 0.25) is 5.91 Å². The molecule has 2 saturated carbocycles. The van der Waals surface area contributed by atoms with Gasteiger partial charge in [-0.3, -0.25) is 14.3 Å². The summed E-state index contributed by atoms with van der Waals surface area (Å²) >= 11 is 2.82. The largest absolute Gasteiger partial charge is 0.322 e. The topological polar surface area (TPSA) is 58.2 Å². The van der Waals surface area contributed by atoms with E-state index in [1.807, 2.05) is 0 Å². The molecule has 4 nitrogen and oxygen atoms in total. The Morgan fingerprint density at radius 3 is 2.09 bits per heavy atom. The fourth-order valence-corrected chi connectivity index (χ4v) is 5.66. The van der Waals surface area contributed by atoms with Gasteiger partial charge in [0.1, 0.15) is 5.82 Å². The number of carbonyl (C=O) groups excluding carboxylic acids is 2. The summed E-state index contributed by atoms with van der Waals surface area (Å²) in [6.45, 7) is 0. The standard InChI is InChI=1S/C23H22F4N2O2S2/c24-17-8-3-13(22(30)28-14-10-18(25)21(27)19(26)11-14)9-20(17)32-15-4-1-12(2-5-15)23(31)29-33-16-6-7-16/h3,8-12,15-16H,1-2,4-7H2,(H,28,30)(H,29,31). The molecule has 0 radical (unpaired) electrons. The van der Waals surface area contributed by atoms with Crippen LogP contribution in [0.15, 0.2) is 35.2 Å². The number of rotatable bonds is 7. The second-order valence-corrected chi connectivity index (χ2v) is 10.7. The van der Waals surface area contributed by atoms with Crippen LogP contribution in [-0.4, -0.2) is 22.3 Å². The third-order valence-electron chi connectivity index (χ3n) is 5.62. The molecule has 2 aromatic carbocycles. The van der Waals surface area contributed by atoms with E-state index in [-0.39, 0.29) is 33.2 Å². The molecular weight excluding hydrogens is 476 g/mol. The monoisotopic (exact) mass is 498 g/mol. The van der Waals surface area contributed by atoms with Crippen LogP contribution in [0.3, 0.4) is 0 Å². The molecule has 2 N–H and O–H groups in total. The van der Waals surface area contributed by atoms with E-state index >= 15 is 0 Å². The zero-order valence-corrected chi connectivity index (χ0v) is 19.1. The molecule has 33 heavy (non-hydrogen) atoms. The van der Waals surface area contributed by atoms with Crippen molar-refractivity contribution in [3.05, 3.63) is 59.2 Å². The van der Waals surface area contributed by atoms with Gasteiger partial charge in [0.15, 0.2) is 17.5 Å². The molecule has 176 valence electrons. The lowest BCUT2D eigenvalue weighted by Gasteiger charge is -2.27. The zero-order chi connectivity index (χ0) is 23.5. The summed E-state index contributed by atoms with van der Waals surface area (Å²) in [5.41, 5.74) is -0.138. The third kappa shape index (κ3) is 6.23. The number of halogens is 4. The van der Waals surface area contributed by atoms with E-state index in [9.17, 15) is 27.2 Å². The quantitative estimate of drug-likeness (QED) is 0.276. The van der Waals surface area contributed by atoms with Crippen molar-refractivity contribution < 1.29 is 27.2 Å². The number of anilines is 1. The number of thioether (sulfide) groups is 1. The first-order valence-electron chi connectivity index (χ1n) is 10.7. The molecule has 0 bridgehead atoms. The smallest absolute Gasteiger partial charge is 0.255 e. The minimum atomic E-state index is -1.62. The highest BCUT2D eigenvalue weighted by molar-refractivity contribution is 8.00. The summed E-state index contributed by atoms with van der Waals surface area (Å²) in [4.78, 5) is 25.0. The van der Waals surface area contributed by atoms with Crippen molar-refractivity contribution in [3.63, 3.8) is 0 Å². The minimum absolute atomic E-state index is 0.0356. The van der Waals surface area contributed by atoms with Crippen LogP contribution >= 0.6 is 23.7 Å². The van der Waals surface area contributed by atoms with Crippen LogP contribution in [0.1, 0.15) is 48.9 Å². The Hall–Kier alpha value is -2.20. The molecule has 10 heteroatoms. The highest BCUT2D eigenvalue weighted by Crippen LogP contribution is 2.38. The average molecular weight is 499 g/mol. The van der Waals surface area contributed by atoms with E-state index in [0.29, 0.717) is 17.4 Å². The van der Waals surface area contributed by atoms with E-state index in [1.165, 1.54) is 35.8 Å². The maximum Gasteiger partial charge on any atom is 0.255 e. The fraction of sp³-hybridized carbons (Fsp3) is 0.391. The molecule has 0 heterocycles. The lowest BCUT2D eigenvalue weighted by Crippen LogP contribution is -2.30. The number of amides is 2. The van der Waals surface area contributed by atoms with Gasteiger partial charge in [-0.1, -0.05) is 0 Å². The number of nitrogens with one attached hydrogen (secondary N) is 2. The van der Waals surface area contributed by atoms with Gasteiger partial charge >= 0.3 is 0 Å². The Bertz CT molecular complexity index is 1030. The molecule has 2 aliphatic rings. The summed E-state index contributed by atoms with van der Waals surface area (Å²) in [6.07, 6.45) is 5.24. The van der Waals surface area contributed by atoms with E-state index < -0.39 is 29.2 Å². The summed E-state index contributed by atoms with van der Waals surface area (Å²) in [7, 11) is 0. The molecule has 0 saturated heterocycles. The number of benzene rings is 2. The molecule has 2 aromatic rings. The normalized spacial score (nSPS) is 20.4. The number of hydrogen-bond acceptors (Lipinski definition) is 4. The van der Waals surface area contributed by atoms with Crippen LogP contribution in [-0.2, 0) is 4.79 Å². The van der Waals surface area contributed by atoms with E-state index in [1.54, 1.807) is 0 Å². The summed E-state index contributed by atoms with van der Waals surface area (Å²) in [6, 6.07) is 5.16. The van der Waals surface area contributed by atoms with Crippen LogP contribution in [0.2, 0.25) is 0 Å². The first kappa shape index (κ1) is 23.9. The van der Waals surface area contributed by atoms with Crippen molar-refractivity contribution >= 4 is 41.2 Å². The van der Waals surface area contributed by atoms with Gasteiger partial charge in [0.25, 0.3) is 5.91 Å². The Kier molecular flexibility index (Phi) is 7.53. The molecule has 0 spiro atoms. The lowest BCUT2D eigenvalue weighted by molar-refractivity contribution is -0.123. The third-order valence-corrected chi connectivity index (χ3v) is 8.12. The van der Waals surface area contributed by atoms with Crippen molar-refractivity contribution in [2.45, 2.75) is 53.9 Å². The molecule has 0 unspecified atom stereocenters. The highest BCUT2D eigenvalue weighted by Gasteiger charge is 2.29. The van der Waals surface area contributed by atoms with Crippen LogP contribution in [0.25, 0.3) is 0 Å². The van der Waals surface area contributed by atoms with Crippen molar-refractivity contribution in [1.29, 1.82) is 0 Å². The SMILES string of the molecule is O=C(Nc1cc(F)c(F)c(F)c1)c1ccc(F)c(SC2CCC(C(=O)NSC3CC3)CC2)c1. The maximum absolute atomic E-state index is 14.4. The number of hydrogen-bond donors (Lipinski definition) is 2. The Morgan fingerprint density at radius 2 is 1.45 bits per heavy atom. The molecule has 2 amide bonds. The van der Waals surface area contributed by atoms with Crippen LogP contribution in [0, 0.1) is 29.2 Å². The lowest BCUT2D eigenvalue weighted by atomic mass is 9.88. The van der Waals surface area contributed by atoms with Gasteiger partial charge in [-0.25, -0.2) is 17.6 Å². The predicted octanol–water partition coefficient (Wildman–Crippen LogP) is 6.07. The average Bonchev–Trinajstić information content (AvgIpc) is 3.62. The van der Waals surface area contributed by atoms with Gasteiger partial charge in [0.05, 0.1) is 0 Å². The Morgan fingerprint density at radius 1 is 0.818 bits per heavy atom. The first-order valence-corrected chi connectivity index (χ1v) is 12.4. The van der Waals surface area contributed by atoms with Crippen molar-refractivity contribution in [2.24, 2.45) is 5.92 Å². The van der Waals surface area contributed by atoms with Crippen molar-refractivity contribution in [3.8, 4) is 0 Å². The van der Waals surface area contributed by atoms with Crippen molar-refractivity contribution in [2.75, 3.05) is 5.32 Å². The van der Waals surface area contributed by atoms with Crippen molar-refractivity contribution in [1.82, 2.24) is 4.72 Å². The van der Waals surface area contributed by atoms with Gasteiger partial charge in [-0.2, -0.15) is 0 Å². The molecular formula is C23H22F4N2O2S2. The Balaban J connectivity index is 1.34. The maximum atomic E-state index is 14.4. The van der Waals surface area contributed by atoms with Gasteiger partial charge < -0.3 is 5.32 Å². The summed E-state index contributed by atoms with van der Waals surface area (Å²) in [5.74, 6) is -5.61. The molecule has 2 fully saturated rings. The van der Waals surface area contributed by atoms with Gasteiger partial charge in [-0.15, -0.1) is 11.8 Å². The molecule has 0 aromatic heterocycles. The van der Waals surface area contributed by atoms with Crippen LogP contribution in [0.5, 0.6) is 0 Å². The van der Waals surface area contributed by atoms with Gasteiger partial charge in [-0.05, 0) is 68.7 Å². The molecule has 2 aliphatic carbocycles. The second kappa shape index (κ2) is 10.4. The molecule has 4 rings (SSSR count). The highest BCUT2D eigenvalue weighted by atomic mass is 32.2. The first-order chi connectivity index (χ1) is 15.8. The number of carbonyl (C=O) groups is 2. The minimum Gasteiger partial charge on any atom is -0.322 e. The van der Waals surface area contributed by atoms with E-state index in [2.05, 4.69) is 10.0 Å². The van der Waals surface area contributed by atoms with E-state index in [0.717, 1.165) is 44.6 Å². The van der Waals surface area contributed by atoms with Crippen LogP contribution in [0.4, 0.5) is 23.2 Å². The summed E-state index contributed by atoms with van der Waals surface area (Å²) < 4.78 is 57.2. The van der Waals surface area contributed by atoms with Gasteiger partial charge in [0, 0.05) is 44.7 Å². The van der Waals surface area contributed by atoms with Crippen LogP contribution < -0.4 is 10.0 Å². The second-order valence-electron chi connectivity index (χ2n) is 8.23.